The van der Waals surface area contributed by atoms with E-state index in [9.17, 15) is 21.6 Å². The lowest BCUT2D eigenvalue weighted by Crippen LogP contribution is -2.31. The van der Waals surface area contributed by atoms with Gasteiger partial charge in [-0.1, -0.05) is 24.3 Å². The fourth-order valence-corrected chi connectivity index (χ4v) is 3.63. The molecule has 146 valence electrons. The highest BCUT2D eigenvalue weighted by Crippen LogP contribution is 2.23. The monoisotopic (exact) mass is 410 g/mol. The summed E-state index contributed by atoms with van der Waals surface area (Å²) >= 11 is 0. The number of amides is 1. The van der Waals surface area contributed by atoms with Crippen LogP contribution in [-0.4, -0.2) is 42.3 Å². The summed E-state index contributed by atoms with van der Waals surface area (Å²) in [5.74, 6) is -0.430. The highest BCUT2D eigenvalue weighted by Gasteiger charge is 2.21. The van der Waals surface area contributed by atoms with Crippen molar-refractivity contribution in [3.8, 4) is 0 Å². The molecular weight excluding hydrogens is 388 g/mol. The number of sulfone groups is 1. The van der Waals surface area contributed by atoms with Gasteiger partial charge in [0.1, 0.15) is 0 Å². The summed E-state index contributed by atoms with van der Waals surface area (Å²) in [5, 5.41) is 2.81. The van der Waals surface area contributed by atoms with Gasteiger partial charge in [0, 0.05) is 13.3 Å². The molecule has 9 heteroatoms. The number of carbonyl (C=O) groups excluding carboxylic acids is 1. The minimum Gasteiger partial charge on any atom is -0.345 e. The Kier molecular flexibility index (Phi) is 5.96. The van der Waals surface area contributed by atoms with Gasteiger partial charge in [-0.05, 0) is 36.8 Å². The average Bonchev–Trinajstić information content (AvgIpc) is 2.59. The third-order valence-corrected chi connectivity index (χ3v) is 6.46. The zero-order chi connectivity index (χ0) is 20.4. The summed E-state index contributed by atoms with van der Waals surface area (Å²) in [7, 11) is -5.42. The first-order valence-corrected chi connectivity index (χ1v) is 11.8. The number of nitrogens with one attached hydrogen (secondary N) is 1. The Morgan fingerprint density at radius 1 is 0.963 bits per heavy atom. The molecule has 0 heterocycles. The fourth-order valence-electron chi connectivity index (χ4n) is 2.48. The van der Waals surface area contributed by atoms with Crippen LogP contribution >= 0.6 is 0 Å². The third-order valence-electron chi connectivity index (χ3n) is 4.14. The van der Waals surface area contributed by atoms with Gasteiger partial charge in [0.2, 0.25) is 10.0 Å². The first-order valence-electron chi connectivity index (χ1n) is 8.05. The van der Waals surface area contributed by atoms with Gasteiger partial charge >= 0.3 is 0 Å². The van der Waals surface area contributed by atoms with Crippen LogP contribution in [0.4, 0.5) is 5.69 Å². The Balaban J connectivity index is 2.25. The number of benzene rings is 2. The predicted octanol–water partition coefficient (Wildman–Crippen LogP) is 1.98. The highest BCUT2D eigenvalue weighted by atomic mass is 32.2. The lowest BCUT2D eigenvalue weighted by molar-refractivity contribution is 0.0940. The Bertz CT molecular complexity index is 1050. The van der Waals surface area contributed by atoms with Crippen LogP contribution in [0.5, 0.6) is 0 Å². The van der Waals surface area contributed by atoms with Gasteiger partial charge in [0.05, 0.1) is 28.4 Å². The fraction of sp³-hybridized carbons (Fsp3) is 0.278. The SMILES string of the molecule is C[C@H](NC(=O)c1ccccc1N(C)S(C)(=O)=O)c1ccc(S(C)(=O)=O)cc1. The van der Waals surface area contributed by atoms with Gasteiger partial charge in [-0.25, -0.2) is 16.8 Å². The van der Waals surface area contributed by atoms with Crippen molar-refractivity contribution < 1.29 is 21.6 Å². The number of hydrogen-bond donors (Lipinski definition) is 1. The van der Waals surface area contributed by atoms with Gasteiger partial charge < -0.3 is 5.32 Å². The minimum absolute atomic E-state index is 0.199. The molecule has 2 aromatic rings. The lowest BCUT2D eigenvalue weighted by atomic mass is 10.1. The van der Waals surface area contributed by atoms with E-state index in [1.54, 1.807) is 43.3 Å². The average molecular weight is 411 g/mol. The predicted molar refractivity (Wildman–Crippen MR) is 105 cm³/mol. The highest BCUT2D eigenvalue weighted by molar-refractivity contribution is 7.92. The van der Waals surface area contributed by atoms with Crippen LogP contribution in [0.15, 0.2) is 53.4 Å². The molecule has 2 aromatic carbocycles. The Hall–Kier alpha value is -2.39. The number of anilines is 1. The van der Waals surface area contributed by atoms with Crippen LogP contribution in [0.25, 0.3) is 0 Å². The summed E-state index contributed by atoms with van der Waals surface area (Å²) in [6, 6.07) is 12.3. The van der Waals surface area contributed by atoms with E-state index in [0.717, 1.165) is 22.4 Å². The van der Waals surface area contributed by atoms with E-state index in [0.29, 0.717) is 0 Å². The molecule has 1 atom stereocenters. The molecule has 7 nitrogen and oxygen atoms in total. The van der Waals surface area contributed by atoms with Gasteiger partial charge in [-0.3, -0.25) is 9.10 Å². The van der Waals surface area contributed by atoms with Crippen molar-refractivity contribution in [3.63, 3.8) is 0 Å². The van der Waals surface area contributed by atoms with E-state index in [-0.39, 0.29) is 16.1 Å². The first kappa shape index (κ1) is 20.9. The van der Waals surface area contributed by atoms with Crippen LogP contribution in [0.1, 0.15) is 28.9 Å². The van der Waals surface area contributed by atoms with Crippen LogP contribution < -0.4 is 9.62 Å². The zero-order valence-corrected chi connectivity index (χ0v) is 17.1. The van der Waals surface area contributed by atoms with Crippen molar-refractivity contribution >= 4 is 31.5 Å². The minimum atomic E-state index is -3.51. The molecule has 1 amide bonds. The van der Waals surface area contributed by atoms with Gasteiger partial charge in [-0.2, -0.15) is 0 Å². The first-order chi connectivity index (χ1) is 12.4. The van der Waals surface area contributed by atoms with E-state index in [2.05, 4.69) is 5.32 Å². The van der Waals surface area contributed by atoms with Gasteiger partial charge in [0.25, 0.3) is 5.91 Å². The molecule has 0 fully saturated rings. The van der Waals surface area contributed by atoms with E-state index >= 15 is 0 Å². The summed E-state index contributed by atoms with van der Waals surface area (Å²) in [6.45, 7) is 1.76. The van der Waals surface area contributed by atoms with E-state index in [1.807, 2.05) is 0 Å². The van der Waals surface area contributed by atoms with Crippen LogP contribution in [-0.2, 0) is 19.9 Å². The molecule has 0 aliphatic carbocycles. The topological polar surface area (TPSA) is 101 Å². The smallest absolute Gasteiger partial charge is 0.253 e. The third kappa shape index (κ3) is 5.08. The Morgan fingerprint density at radius 3 is 2.04 bits per heavy atom. The lowest BCUT2D eigenvalue weighted by Gasteiger charge is -2.21. The molecule has 0 radical (unpaired) electrons. The van der Waals surface area contributed by atoms with Crippen LogP contribution in [0.3, 0.4) is 0 Å². The van der Waals surface area contributed by atoms with Crippen molar-refractivity contribution in [2.45, 2.75) is 17.9 Å². The zero-order valence-electron chi connectivity index (χ0n) is 15.5. The normalized spacial score (nSPS) is 13.0. The Morgan fingerprint density at radius 2 is 1.52 bits per heavy atom. The standard InChI is InChI=1S/C18H22N2O5S2/c1-13(14-9-11-15(12-10-14)26(3,22)23)19-18(21)16-7-5-6-8-17(16)20(2)27(4,24)25/h5-13H,1-4H3,(H,19,21)/t13-/m0/s1. The maximum Gasteiger partial charge on any atom is 0.253 e. The second kappa shape index (κ2) is 7.69. The number of rotatable bonds is 6. The van der Waals surface area contributed by atoms with Crippen molar-refractivity contribution in [1.82, 2.24) is 5.32 Å². The Labute approximate surface area is 160 Å². The molecule has 0 aliphatic heterocycles. The van der Waals surface area contributed by atoms with E-state index in [4.69, 9.17) is 0 Å². The molecule has 27 heavy (non-hydrogen) atoms. The molecule has 0 bridgehead atoms. The van der Waals surface area contributed by atoms with E-state index < -0.39 is 31.8 Å². The van der Waals surface area contributed by atoms with Crippen molar-refractivity contribution in [1.29, 1.82) is 0 Å². The quantitative estimate of drug-likeness (QED) is 0.785. The summed E-state index contributed by atoms with van der Waals surface area (Å²) in [6.07, 6.45) is 2.19. The number of para-hydroxylation sites is 1. The second-order valence-corrected chi connectivity index (χ2v) is 10.3. The molecule has 0 aromatic heterocycles. The second-order valence-electron chi connectivity index (χ2n) is 6.28. The summed E-state index contributed by atoms with van der Waals surface area (Å²) in [5.41, 5.74) is 1.23. The number of nitrogens with zero attached hydrogens (tertiary/aromatic N) is 1. The van der Waals surface area contributed by atoms with Crippen LogP contribution in [0, 0.1) is 0 Å². The molecule has 0 saturated carbocycles. The molecule has 0 spiro atoms. The maximum atomic E-state index is 12.7. The molecule has 0 saturated heterocycles. The molecular formula is C18H22N2O5S2. The molecule has 2 rings (SSSR count). The van der Waals surface area contributed by atoms with Crippen LogP contribution in [0.2, 0.25) is 0 Å². The van der Waals surface area contributed by atoms with Crippen molar-refractivity contribution in [2.24, 2.45) is 0 Å². The van der Waals surface area contributed by atoms with Crippen molar-refractivity contribution in [2.75, 3.05) is 23.9 Å². The van der Waals surface area contributed by atoms with Gasteiger partial charge in [0.15, 0.2) is 9.84 Å². The number of sulfonamides is 1. The van der Waals surface area contributed by atoms with Crippen molar-refractivity contribution in [3.05, 3.63) is 59.7 Å². The van der Waals surface area contributed by atoms with Gasteiger partial charge in [-0.15, -0.1) is 0 Å². The molecule has 1 N–H and O–H groups in total. The van der Waals surface area contributed by atoms with E-state index in [1.165, 1.54) is 19.2 Å². The number of carbonyl (C=O) groups is 1. The number of hydrogen-bond acceptors (Lipinski definition) is 5. The molecule has 0 unspecified atom stereocenters. The maximum absolute atomic E-state index is 12.7. The summed E-state index contributed by atoms with van der Waals surface area (Å²) in [4.78, 5) is 12.9. The largest absolute Gasteiger partial charge is 0.345 e. The summed E-state index contributed by atoms with van der Waals surface area (Å²) < 4.78 is 47.7. The molecule has 0 aliphatic rings.